The van der Waals surface area contributed by atoms with Gasteiger partial charge in [-0.2, -0.15) is 9.61 Å². The monoisotopic (exact) mass is 555 g/mol. The third-order valence-electron chi connectivity index (χ3n) is 7.59. The van der Waals surface area contributed by atoms with Gasteiger partial charge in [0.15, 0.2) is 5.65 Å². The van der Waals surface area contributed by atoms with E-state index in [9.17, 15) is 23.4 Å². The molecule has 1 unspecified atom stereocenters. The summed E-state index contributed by atoms with van der Waals surface area (Å²) in [6.45, 7) is 4.40. The molecule has 3 saturated heterocycles. The van der Waals surface area contributed by atoms with E-state index in [-0.39, 0.29) is 23.7 Å². The highest BCUT2D eigenvalue weighted by atomic mass is 32.2. The molecule has 3 fully saturated rings. The summed E-state index contributed by atoms with van der Waals surface area (Å²) in [6, 6.07) is 8.65. The van der Waals surface area contributed by atoms with E-state index in [1.165, 1.54) is 0 Å². The quantitative estimate of drug-likeness (QED) is 0.408. The number of nitrogens with one attached hydrogen (secondary N) is 1. The molecule has 0 radical (unpaired) electrons. The lowest BCUT2D eigenvalue weighted by Gasteiger charge is -2.40. The number of carbonyl (C=O) groups is 1. The van der Waals surface area contributed by atoms with Crippen LogP contribution in [-0.4, -0.2) is 95.2 Å². The second kappa shape index (κ2) is 9.65. The van der Waals surface area contributed by atoms with Crippen LogP contribution < -0.4 is 14.5 Å². The van der Waals surface area contributed by atoms with E-state index in [0.29, 0.717) is 49.6 Å². The van der Waals surface area contributed by atoms with Gasteiger partial charge in [-0.1, -0.05) is 11.6 Å². The van der Waals surface area contributed by atoms with E-state index < -0.39 is 16.1 Å². The summed E-state index contributed by atoms with van der Waals surface area (Å²) in [7, 11) is -3.57. The number of rotatable bonds is 6. The summed E-state index contributed by atoms with van der Waals surface area (Å²) in [5, 5.41) is 24.6. The molecule has 12 nitrogen and oxygen atoms in total. The highest BCUT2D eigenvalue weighted by Gasteiger charge is 2.34. The molecule has 0 spiro atoms. The number of nitrogens with zero attached hydrogens (tertiary/aromatic N) is 6. The molecule has 5 heterocycles. The SMILES string of the molecule is Cc1ccc(NS(C)(=O)=O)c(C(=O)N2CCCCC2c2cc3nc(N4CC(O)C4)cc(N4CC(O)C4)n3n2)c1. The molecule has 0 aliphatic carbocycles. The zero-order valence-electron chi connectivity index (χ0n) is 22.0. The second-order valence-electron chi connectivity index (χ2n) is 10.9. The van der Waals surface area contributed by atoms with Crippen LogP contribution in [0.5, 0.6) is 0 Å². The molecule has 3 aromatic rings. The van der Waals surface area contributed by atoms with Crippen molar-refractivity contribution in [2.24, 2.45) is 0 Å². The minimum atomic E-state index is -3.57. The molecule has 1 amide bonds. The van der Waals surface area contributed by atoms with Crippen LogP contribution >= 0.6 is 0 Å². The Balaban J connectivity index is 1.37. The van der Waals surface area contributed by atoms with E-state index in [1.807, 2.05) is 28.9 Å². The topological polar surface area (TPSA) is 144 Å². The zero-order chi connectivity index (χ0) is 27.5. The minimum absolute atomic E-state index is 0.249. The number of aliphatic hydroxyl groups excluding tert-OH is 2. The van der Waals surface area contributed by atoms with E-state index in [2.05, 4.69) is 4.72 Å². The number of benzene rings is 1. The number of carbonyl (C=O) groups excluding carboxylic acids is 1. The Morgan fingerprint density at radius 3 is 2.44 bits per heavy atom. The molecule has 1 atom stereocenters. The Morgan fingerprint density at radius 2 is 1.74 bits per heavy atom. The van der Waals surface area contributed by atoms with Gasteiger partial charge in [0.05, 0.1) is 41.5 Å². The summed E-state index contributed by atoms with van der Waals surface area (Å²) in [5.41, 5.74) is 2.77. The van der Waals surface area contributed by atoms with E-state index in [0.717, 1.165) is 42.7 Å². The Bertz CT molecular complexity index is 1530. The van der Waals surface area contributed by atoms with Crippen molar-refractivity contribution in [2.45, 2.75) is 44.4 Å². The van der Waals surface area contributed by atoms with Gasteiger partial charge in [0.25, 0.3) is 5.91 Å². The van der Waals surface area contributed by atoms with Gasteiger partial charge in [-0.25, -0.2) is 13.4 Å². The van der Waals surface area contributed by atoms with Crippen molar-refractivity contribution in [2.75, 3.05) is 53.5 Å². The molecule has 1 aromatic carbocycles. The van der Waals surface area contributed by atoms with Gasteiger partial charge in [-0.15, -0.1) is 0 Å². The molecule has 0 bridgehead atoms. The van der Waals surface area contributed by atoms with Crippen molar-refractivity contribution in [3.05, 3.63) is 47.2 Å². The highest BCUT2D eigenvalue weighted by molar-refractivity contribution is 7.92. The Labute approximate surface area is 226 Å². The van der Waals surface area contributed by atoms with Gasteiger partial charge < -0.3 is 24.9 Å². The van der Waals surface area contributed by atoms with Crippen LogP contribution in [0.25, 0.3) is 5.65 Å². The summed E-state index contributed by atoms with van der Waals surface area (Å²) in [5.74, 6) is 1.30. The maximum Gasteiger partial charge on any atom is 0.256 e. The highest BCUT2D eigenvalue weighted by Crippen LogP contribution is 2.35. The molecule has 0 saturated carbocycles. The number of piperidine rings is 1. The molecule has 208 valence electrons. The molecule has 3 N–H and O–H groups in total. The van der Waals surface area contributed by atoms with Crippen molar-refractivity contribution in [3.8, 4) is 0 Å². The summed E-state index contributed by atoms with van der Waals surface area (Å²) >= 11 is 0. The number of aromatic nitrogens is 3. The Hall–Kier alpha value is -3.42. The molecule has 13 heteroatoms. The zero-order valence-corrected chi connectivity index (χ0v) is 22.8. The lowest BCUT2D eigenvalue weighted by Crippen LogP contribution is -2.53. The van der Waals surface area contributed by atoms with Crippen molar-refractivity contribution in [1.82, 2.24) is 19.5 Å². The molecular weight excluding hydrogens is 522 g/mol. The number of hydrogen-bond acceptors (Lipinski definition) is 9. The fourth-order valence-corrected chi connectivity index (χ4v) is 6.14. The predicted molar refractivity (Wildman–Crippen MR) is 147 cm³/mol. The van der Waals surface area contributed by atoms with Crippen molar-refractivity contribution in [3.63, 3.8) is 0 Å². The lowest BCUT2D eigenvalue weighted by molar-refractivity contribution is 0.0606. The maximum absolute atomic E-state index is 13.9. The van der Waals surface area contributed by atoms with Crippen LogP contribution in [0.1, 0.15) is 46.9 Å². The van der Waals surface area contributed by atoms with E-state index in [1.54, 1.807) is 27.6 Å². The van der Waals surface area contributed by atoms with Gasteiger partial charge in [-0.3, -0.25) is 9.52 Å². The number of hydrogen-bond donors (Lipinski definition) is 3. The number of aliphatic hydroxyl groups is 2. The van der Waals surface area contributed by atoms with Crippen LogP contribution in [-0.2, 0) is 10.0 Å². The van der Waals surface area contributed by atoms with Crippen molar-refractivity contribution >= 4 is 38.9 Å². The average Bonchev–Trinajstić information content (AvgIpc) is 3.28. The standard InChI is InChI=1S/C26H33N7O5S/c1-16-6-7-20(29-39(2,37)38)19(9-16)26(36)32-8-4-3-5-22(32)21-10-24-27-23(30-12-17(34)13-30)11-25(33(24)28-21)31-14-18(35)15-31/h6-7,9-11,17-18,22,29,34-35H,3-5,8,12-15H2,1-2H3. The number of β-amino-alcohol motifs (C(OH)–C–C–N with tert-alkyl or cyclic N) is 2. The van der Waals surface area contributed by atoms with Crippen LogP contribution in [0.3, 0.4) is 0 Å². The Kier molecular flexibility index (Phi) is 6.39. The van der Waals surface area contributed by atoms with Crippen molar-refractivity contribution in [1.29, 1.82) is 0 Å². The first-order valence-electron chi connectivity index (χ1n) is 13.2. The fourth-order valence-electron chi connectivity index (χ4n) is 5.56. The second-order valence-corrected chi connectivity index (χ2v) is 12.6. The molecule has 3 aliphatic heterocycles. The Morgan fingerprint density at radius 1 is 1.03 bits per heavy atom. The number of amides is 1. The van der Waals surface area contributed by atoms with Gasteiger partial charge in [-0.05, 0) is 38.3 Å². The number of anilines is 3. The number of aryl methyl sites for hydroxylation is 1. The molecule has 2 aromatic heterocycles. The summed E-state index contributed by atoms with van der Waals surface area (Å²) in [4.78, 5) is 24.6. The molecular formula is C26H33N7O5S. The number of likely N-dealkylation sites (tertiary alicyclic amines) is 1. The first-order chi connectivity index (χ1) is 18.6. The molecule has 3 aliphatic rings. The third-order valence-corrected chi connectivity index (χ3v) is 8.18. The van der Waals surface area contributed by atoms with Crippen LogP contribution in [0.2, 0.25) is 0 Å². The normalized spacial score (nSPS) is 20.7. The van der Waals surface area contributed by atoms with Crippen LogP contribution in [0, 0.1) is 6.92 Å². The van der Waals surface area contributed by atoms with Gasteiger partial charge in [0.1, 0.15) is 11.6 Å². The van der Waals surface area contributed by atoms with Crippen molar-refractivity contribution < 1.29 is 23.4 Å². The van der Waals surface area contributed by atoms with E-state index >= 15 is 0 Å². The predicted octanol–water partition coefficient (Wildman–Crippen LogP) is 1.14. The van der Waals surface area contributed by atoms with Gasteiger partial charge in [0.2, 0.25) is 10.0 Å². The molecule has 6 rings (SSSR count). The fraction of sp³-hybridized carbons (Fsp3) is 0.500. The molecule has 39 heavy (non-hydrogen) atoms. The lowest BCUT2D eigenvalue weighted by atomic mass is 9.97. The van der Waals surface area contributed by atoms with Gasteiger partial charge >= 0.3 is 0 Å². The first-order valence-corrected chi connectivity index (χ1v) is 15.1. The largest absolute Gasteiger partial charge is 0.389 e. The number of sulfonamides is 1. The minimum Gasteiger partial charge on any atom is -0.389 e. The van der Waals surface area contributed by atoms with Crippen LogP contribution in [0.15, 0.2) is 30.3 Å². The third kappa shape index (κ3) is 5.01. The van der Waals surface area contributed by atoms with E-state index in [4.69, 9.17) is 10.1 Å². The van der Waals surface area contributed by atoms with Gasteiger partial charge in [0, 0.05) is 44.9 Å². The summed E-state index contributed by atoms with van der Waals surface area (Å²) in [6.07, 6.45) is 2.79. The first kappa shape index (κ1) is 25.8. The summed E-state index contributed by atoms with van der Waals surface area (Å²) < 4.78 is 28.2. The smallest absolute Gasteiger partial charge is 0.256 e. The van der Waals surface area contributed by atoms with Crippen LogP contribution in [0.4, 0.5) is 17.3 Å². The number of fused-ring (bicyclic) bond motifs is 1. The maximum atomic E-state index is 13.9. The average molecular weight is 556 g/mol.